The molecule has 2 rings (SSSR count). The lowest BCUT2D eigenvalue weighted by Gasteiger charge is -2.05. The first-order valence-corrected chi connectivity index (χ1v) is 5.39. The first-order valence-electron chi connectivity index (χ1n) is 5.39. The van der Waals surface area contributed by atoms with Crippen LogP contribution in [0.15, 0.2) is 46.9 Å². The van der Waals surface area contributed by atoms with Gasteiger partial charge in [-0.3, -0.25) is 0 Å². The summed E-state index contributed by atoms with van der Waals surface area (Å²) in [5.41, 5.74) is 0.764. The minimum Gasteiger partial charge on any atom is -0.465 e. The molecule has 0 unspecified atom stereocenters. The van der Waals surface area contributed by atoms with E-state index in [1.54, 1.807) is 0 Å². The van der Waals surface area contributed by atoms with Crippen LogP contribution in [-0.4, -0.2) is 6.03 Å². The Bertz CT molecular complexity index is 491. The van der Waals surface area contributed by atoms with Crippen molar-refractivity contribution in [3.05, 3.63) is 54.0 Å². The smallest absolute Gasteiger partial charge is 0.319 e. The fraction of sp³-hybridized carbons (Fsp3) is 0.154. The second kappa shape index (κ2) is 5.21. The molecule has 0 bridgehead atoms. The van der Waals surface area contributed by atoms with Crippen molar-refractivity contribution in [2.24, 2.45) is 0 Å². The van der Waals surface area contributed by atoms with E-state index in [1.807, 2.05) is 49.4 Å². The average Bonchev–Trinajstić information content (AvgIpc) is 2.74. The van der Waals surface area contributed by atoms with Gasteiger partial charge in [0, 0.05) is 5.69 Å². The molecule has 1 aromatic heterocycles. The number of amides is 2. The van der Waals surface area contributed by atoms with Crippen molar-refractivity contribution >= 4 is 11.7 Å². The zero-order chi connectivity index (χ0) is 12.1. The van der Waals surface area contributed by atoms with Crippen molar-refractivity contribution in [1.29, 1.82) is 0 Å². The van der Waals surface area contributed by atoms with Crippen LogP contribution in [0.4, 0.5) is 10.5 Å². The molecule has 0 radical (unpaired) electrons. The van der Waals surface area contributed by atoms with E-state index >= 15 is 0 Å². The summed E-state index contributed by atoms with van der Waals surface area (Å²) >= 11 is 0. The highest BCUT2D eigenvalue weighted by atomic mass is 16.3. The molecule has 4 heteroatoms. The van der Waals surface area contributed by atoms with Crippen LogP contribution in [0.3, 0.4) is 0 Å². The van der Waals surface area contributed by atoms with Gasteiger partial charge in [0.2, 0.25) is 0 Å². The Morgan fingerprint density at radius 3 is 2.59 bits per heavy atom. The van der Waals surface area contributed by atoms with Gasteiger partial charge in [-0.15, -0.1) is 0 Å². The second-order valence-corrected chi connectivity index (χ2v) is 3.69. The van der Waals surface area contributed by atoms with Crippen LogP contribution < -0.4 is 10.6 Å². The number of urea groups is 1. The quantitative estimate of drug-likeness (QED) is 0.851. The number of nitrogens with one attached hydrogen (secondary N) is 2. The number of hydrogen-bond acceptors (Lipinski definition) is 2. The third kappa shape index (κ3) is 3.38. The van der Waals surface area contributed by atoms with Gasteiger partial charge < -0.3 is 15.1 Å². The van der Waals surface area contributed by atoms with E-state index in [2.05, 4.69) is 10.6 Å². The number of carbonyl (C=O) groups is 1. The molecule has 0 aliphatic rings. The van der Waals surface area contributed by atoms with Gasteiger partial charge in [0.15, 0.2) is 0 Å². The molecule has 88 valence electrons. The zero-order valence-corrected chi connectivity index (χ0v) is 9.57. The SMILES string of the molecule is Cc1ccc(CNC(=O)Nc2ccccc2)o1. The molecule has 0 spiro atoms. The summed E-state index contributed by atoms with van der Waals surface area (Å²) in [4.78, 5) is 11.5. The maximum absolute atomic E-state index is 11.5. The molecule has 0 fully saturated rings. The Kier molecular flexibility index (Phi) is 3.45. The van der Waals surface area contributed by atoms with E-state index in [-0.39, 0.29) is 6.03 Å². The fourth-order valence-corrected chi connectivity index (χ4v) is 1.44. The van der Waals surface area contributed by atoms with Gasteiger partial charge in [-0.1, -0.05) is 18.2 Å². The lowest BCUT2D eigenvalue weighted by atomic mass is 10.3. The summed E-state index contributed by atoms with van der Waals surface area (Å²) in [6.45, 7) is 2.25. The van der Waals surface area contributed by atoms with E-state index < -0.39 is 0 Å². The van der Waals surface area contributed by atoms with Crippen LogP contribution in [-0.2, 0) is 6.54 Å². The number of furan rings is 1. The monoisotopic (exact) mass is 230 g/mol. The van der Waals surface area contributed by atoms with Crippen molar-refractivity contribution in [3.8, 4) is 0 Å². The van der Waals surface area contributed by atoms with E-state index in [0.29, 0.717) is 6.54 Å². The molecule has 0 aliphatic heterocycles. The normalized spacial score (nSPS) is 9.94. The van der Waals surface area contributed by atoms with E-state index in [0.717, 1.165) is 17.2 Å². The number of para-hydroxylation sites is 1. The van der Waals surface area contributed by atoms with E-state index in [9.17, 15) is 4.79 Å². The van der Waals surface area contributed by atoms with E-state index in [4.69, 9.17) is 4.42 Å². The standard InChI is InChI=1S/C13H14N2O2/c1-10-7-8-12(17-10)9-14-13(16)15-11-5-3-2-4-6-11/h2-8H,9H2,1H3,(H2,14,15,16). The van der Waals surface area contributed by atoms with Gasteiger partial charge >= 0.3 is 6.03 Å². The molecule has 0 saturated carbocycles. The van der Waals surface area contributed by atoms with Crippen LogP contribution in [0.2, 0.25) is 0 Å². The number of aryl methyl sites for hydroxylation is 1. The van der Waals surface area contributed by atoms with Gasteiger partial charge in [0.1, 0.15) is 11.5 Å². The highest BCUT2D eigenvalue weighted by molar-refractivity contribution is 5.89. The maximum Gasteiger partial charge on any atom is 0.319 e. The number of benzene rings is 1. The molecule has 4 nitrogen and oxygen atoms in total. The van der Waals surface area contributed by atoms with Gasteiger partial charge in [0.25, 0.3) is 0 Å². The number of carbonyl (C=O) groups excluding carboxylic acids is 1. The van der Waals surface area contributed by atoms with Gasteiger partial charge in [-0.2, -0.15) is 0 Å². The lowest BCUT2D eigenvalue weighted by Crippen LogP contribution is -2.27. The van der Waals surface area contributed by atoms with Crippen molar-refractivity contribution < 1.29 is 9.21 Å². The Morgan fingerprint density at radius 2 is 1.94 bits per heavy atom. The predicted molar refractivity (Wildman–Crippen MR) is 65.7 cm³/mol. The summed E-state index contributed by atoms with van der Waals surface area (Å²) < 4.78 is 5.34. The zero-order valence-electron chi connectivity index (χ0n) is 9.57. The Morgan fingerprint density at radius 1 is 1.18 bits per heavy atom. The van der Waals surface area contributed by atoms with Crippen LogP contribution in [0.25, 0.3) is 0 Å². The molecule has 2 aromatic rings. The van der Waals surface area contributed by atoms with Crippen LogP contribution in [0.1, 0.15) is 11.5 Å². The fourth-order valence-electron chi connectivity index (χ4n) is 1.44. The molecular weight excluding hydrogens is 216 g/mol. The van der Waals surface area contributed by atoms with Crippen molar-refractivity contribution in [1.82, 2.24) is 5.32 Å². The molecule has 0 atom stereocenters. The maximum atomic E-state index is 11.5. The van der Waals surface area contributed by atoms with Crippen LogP contribution in [0.5, 0.6) is 0 Å². The third-order valence-electron chi connectivity index (χ3n) is 2.25. The first-order chi connectivity index (χ1) is 8.24. The molecule has 0 saturated heterocycles. The molecule has 1 aromatic carbocycles. The molecule has 1 heterocycles. The largest absolute Gasteiger partial charge is 0.465 e. The van der Waals surface area contributed by atoms with Crippen molar-refractivity contribution in [2.45, 2.75) is 13.5 Å². The first kappa shape index (κ1) is 11.3. The van der Waals surface area contributed by atoms with E-state index in [1.165, 1.54) is 0 Å². The Labute approximate surface area is 99.6 Å². The predicted octanol–water partition coefficient (Wildman–Crippen LogP) is 2.91. The number of rotatable bonds is 3. The summed E-state index contributed by atoms with van der Waals surface area (Å²) in [6, 6.07) is 12.8. The average molecular weight is 230 g/mol. The number of hydrogen-bond donors (Lipinski definition) is 2. The van der Waals surface area contributed by atoms with Gasteiger partial charge in [-0.25, -0.2) is 4.79 Å². The minimum atomic E-state index is -0.245. The Balaban J connectivity index is 1.82. The Hall–Kier alpha value is -2.23. The lowest BCUT2D eigenvalue weighted by molar-refractivity contribution is 0.250. The second-order valence-electron chi connectivity index (χ2n) is 3.69. The topological polar surface area (TPSA) is 54.3 Å². The highest BCUT2D eigenvalue weighted by Crippen LogP contribution is 2.06. The summed E-state index contributed by atoms with van der Waals surface area (Å²) in [7, 11) is 0. The van der Waals surface area contributed by atoms with Gasteiger partial charge in [-0.05, 0) is 31.2 Å². The van der Waals surface area contributed by atoms with Crippen molar-refractivity contribution in [3.63, 3.8) is 0 Å². The molecule has 17 heavy (non-hydrogen) atoms. The van der Waals surface area contributed by atoms with Crippen LogP contribution in [0, 0.1) is 6.92 Å². The third-order valence-corrected chi connectivity index (χ3v) is 2.25. The molecular formula is C13H14N2O2. The van der Waals surface area contributed by atoms with Gasteiger partial charge in [0.05, 0.1) is 6.54 Å². The minimum absolute atomic E-state index is 0.245. The summed E-state index contributed by atoms with van der Waals surface area (Å²) in [6.07, 6.45) is 0. The van der Waals surface area contributed by atoms with Crippen LogP contribution >= 0.6 is 0 Å². The molecule has 2 amide bonds. The molecule has 0 aliphatic carbocycles. The van der Waals surface area contributed by atoms with Crippen molar-refractivity contribution in [2.75, 3.05) is 5.32 Å². The number of anilines is 1. The highest BCUT2D eigenvalue weighted by Gasteiger charge is 2.03. The summed E-state index contributed by atoms with van der Waals surface area (Å²) in [5.74, 6) is 1.58. The summed E-state index contributed by atoms with van der Waals surface area (Å²) in [5, 5.41) is 5.44. The molecule has 2 N–H and O–H groups in total.